The van der Waals surface area contributed by atoms with Gasteiger partial charge in [0.1, 0.15) is 5.69 Å². The summed E-state index contributed by atoms with van der Waals surface area (Å²) in [5.74, 6) is 0.692. The molecule has 0 bridgehead atoms. The molecule has 1 N–H and O–H groups in total. The second-order valence-electron chi connectivity index (χ2n) is 2.04. The van der Waals surface area contributed by atoms with Crippen molar-refractivity contribution in [3.8, 4) is 0 Å². The first-order valence-electron chi connectivity index (χ1n) is 3.23. The van der Waals surface area contributed by atoms with Crippen LogP contribution in [0.5, 0.6) is 0 Å². The largest absolute Gasteiger partial charge is 0.260 e. The highest BCUT2D eigenvalue weighted by Crippen LogP contribution is 2.10. The van der Waals surface area contributed by atoms with Gasteiger partial charge in [-0.05, 0) is 12.2 Å². The van der Waals surface area contributed by atoms with Gasteiger partial charge in [0.05, 0.1) is 0 Å². The van der Waals surface area contributed by atoms with Crippen LogP contribution in [0.25, 0.3) is 6.08 Å². The number of nitrogens with one attached hydrogen (secondary N) is 1. The molecular weight excluding hydrogens is 140 g/mol. The predicted octanol–water partition coefficient (Wildman–Crippen LogP) is 0.901. The van der Waals surface area contributed by atoms with E-state index in [0.29, 0.717) is 5.82 Å². The highest BCUT2D eigenvalue weighted by molar-refractivity contribution is 5.81. The predicted molar refractivity (Wildman–Crippen MR) is 43.2 cm³/mol. The summed E-state index contributed by atoms with van der Waals surface area (Å²) < 4.78 is 0. The maximum atomic E-state index is 4.09. The molecule has 54 valence electrons. The molecule has 2 rings (SSSR count). The van der Waals surface area contributed by atoms with Crippen LogP contribution in [-0.2, 0) is 0 Å². The van der Waals surface area contributed by atoms with E-state index in [1.54, 1.807) is 18.6 Å². The molecule has 11 heavy (non-hydrogen) atoms. The quantitative estimate of drug-likeness (QED) is 0.591. The van der Waals surface area contributed by atoms with Gasteiger partial charge in [-0.1, -0.05) is 0 Å². The van der Waals surface area contributed by atoms with Crippen LogP contribution >= 0.6 is 0 Å². The number of allylic oxidation sites excluding steroid dienone is 1. The standard InChI is InChI=1S/C7H6N4/c1-2-6-7(11-10-3-1)9-5-4-8-6/h1-5H,(H,9,11). The van der Waals surface area contributed by atoms with Crippen molar-refractivity contribution in [2.45, 2.75) is 0 Å². The summed E-state index contributed by atoms with van der Waals surface area (Å²) >= 11 is 0. The molecule has 0 radical (unpaired) electrons. The number of hydrazone groups is 1. The van der Waals surface area contributed by atoms with Crippen LogP contribution in [0.1, 0.15) is 5.69 Å². The Bertz CT molecular complexity index is 316. The Morgan fingerprint density at radius 1 is 1.18 bits per heavy atom. The van der Waals surface area contributed by atoms with Gasteiger partial charge >= 0.3 is 0 Å². The van der Waals surface area contributed by atoms with E-state index >= 15 is 0 Å². The Balaban J connectivity index is 2.52. The van der Waals surface area contributed by atoms with Crippen LogP contribution in [0.3, 0.4) is 0 Å². The Hall–Kier alpha value is -1.71. The van der Waals surface area contributed by atoms with Crippen molar-refractivity contribution < 1.29 is 0 Å². The molecule has 4 nitrogen and oxygen atoms in total. The molecule has 1 aliphatic rings. The minimum atomic E-state index is 0.692. The Morgan fingerprint density at radius 2 is 2.09 bits per heavy atom. The summed E-state index contributed by atoms with van der Waals surface area (Å²) in [6.07, 6.45) is 8.60. The average molecular weight is 146 g/mol. The van der Waals surface area contributed by atoms with Crippen LogP contribution < -0.4 is 5.43 Å². The maximum absolute atomic E-state index is 4.09. The third-order valence-electron chi connectivity index (χ3n) is 1.31. The zero-order valence-corrected chi connectivity index (χ0v) is 5.73. The summed E-state index contributed by atoms with van der Waals surface area (Å²) in [4.78, 5) is 8.13. The zero-order chi connectivity index (χ0) is 7.52. The number of hydrogen-bond acceptors (Lipinski definition) is 4. The van der Waals surface area contributed by atoms with Gasteiger partial charge in [0.25, 0.3) is 0 Å². The van der Waals surface area contributed by atoms with E-state index in [-0.39, 0.29) is 0 Å². The lowest BCUT2D eigenvalue weighted by molar-refractivity contribution is 1.15. The van der Waals surface area contributed by atoms with E-state index < -0.39 is 0 Å². The van der Waals surface area contributed by atoms with Gasteiger partial charge in [0.2, 0.25) is 0 Å². The van der Waals surface area contributed by atoms with Gasteiger partial charge < -0.3 is 0 Å². The second kappa shape index (κ2) is 2.49. The molecule has 4 heteroatoms. The minimum absolute atomic E-state index is 0.692. The molecule has 2 heterocycles. The molecule has 1 aromatic heterocycles. The van der Waals surface area contributed by atoms with E-state index in [2.05, 4.69) is 20.5 Å². The second-order valence-corrected chi connectivity index (χ2v) is 2.04. The maximum Gasteiger partial charge on any atom is 0.172 e. The fourth-order valence-corrected chi connectivity index (χ4v) is 0.833. The van der Waals surface area contributed by atoms with Crippen LogP contribution in [0.4, 0.5) is 5.82 Å². The van der Waals surface area contributed by atoms with Gasteiger partial charge in [0.15, 0.2) is 5.82 Å². The third-order valence-corrected chi connectivity index (χ3v) is 1.31. The van der Waals surface area contributed by atoms with Crippen molar-refractivity contribution in [1.82, 2.24) is 9.97 Å². The minimum Gasteiger partial charge on any atom is -0.260 e. The van der Waals surface area contributed by atoms with Gasteiger partial charge in [-0.3, -0.25) is 10.4 Å². The van der Waals surface area contributed by atoms with Crippen molar-refractivity contribution in [2.75, 3.05) is 5.43 Å². The molecule has 0 amide bonds. The van der Waals surface area contributed by atoms with Gasteiger partial charge in [-0.25, -0.2) is 4.98 Å². The van der Waals surface area contributed by atoms with E-state index in [9.17, 15) is 0 Å². The fourth-order valence-electron chi connectivity index (χ4n) is 0.833. The van der Waals surface area contributed by atoms with Gasteiger partial charge in [-0.15, -0.1) is 0 Å². The molecule has 0 aliphatic carbocycles. The molecule has 1 aliphatic heterocycles. The number of rotatable bonds is 0. The van der Waals surface area contributed by atoms with E-state index in [1.165, 1.54) is 0 Å². The molecule has 0 saturated heterocycles. The Morgan fingerprint density at radius 3 is 3.09 bits per heavy atom. The lowest BCUT2D eigenvalue weighted by atomic mass is 10.4. The summed E-state index contributed by atoms with van der Waals surface area (Å²) in [5.41, 5.74) is 3.57. The van der Waals surface area contributed by atoms with Crippen molar-refractivity contribution in [1.29, 1.82) is 0 Å². The van der Waals surface area contributed by atoms with Crippen LogP contribution in [0.2, 0.25) is 0 Å². The first-order chi connectivity index (χ1) is 5.47. The van der Waals surface area contributed by atoms with Crippen LogP contribution in [0, 0.1) is 0 Å². The fraction of sp³-hybridized carbons (Fsp3) is 0. The van der Waals surface area contributed by atoms with Crippen molar-refractivity contribution in [2.24, 2.45) is 5.10 Å². The normalized spacial score (nSPS) is 13.5. The number of fused-ring (bicyclic) bond motifs is 1. The van der Waals surface area contributed by atoms with Crippen LogP contribution in [0.15, 0.2) is 23.6 Å². The Kier molecular flexibility index (Phi) is 1.37. The monoisotopic (exact) mass is 146 g/mol. The van der Waals surface area contributed by atoms with Gasteiger partial charge in [0, 0.05) is 18.6 Å². The highest BCUT2D eigenvalue weighted by atomic mass is 15.3. The SMILES string of the molecule is C1=Cc2nccnc2NN=C1. The summed E-state index contributed by atoms with van der Waals surface area (Å²) in [6, 6.07) is 0. The summed E-state index contributed by atoms with van der Waals surface area (Å²) in [7, 11) is 0. The van der Waals surface area contributed by atoms with E-state index in [0.717, 1.165) is 5.69 Å². The Labute approximate surface area is 63.7 Å². The number of hydrogen-bond donors (Lipinski definition) is 1. The van der Waals surface area contributed by atoms with Gasteiger partial charge in [-0.2, -0.15) is 5.10 Å². The number of nitrogens with zero attached hydrogens (tertiary/aromatic N) is 3. The first kappa shape index (κ1) is 6.03. The van der Waals surface area contributed by atoms with E-state index in [4.69, 9.17) is 0 Å². The van der Waals surface area contributed by atoms with E-state index in [1.807, 2.05) is 12.2 Å². The van der Waals surface area contributed by atoms with Crippen molar-refractivity contribution in [3.05, 3.63) is 24.2 Å². The lowest BCUT2D eigenvalue weighted by Gasteiger charge is -1.98. The molecule has 1 aromatic rings. The topological polar surface area (TPSA) is 50.2 Å². The molecule has 0 atom stereocenters. The van der Waals surface area contributed by atoms with Crippen molar-refractivity contribution >= 4 is 18.1 Å². The van der Waals surface area contributed by atoms with Crippen LogP contribution in [-0.4, -0.2) is 16.2 Å². The molecular formula is C7H6N4. The molecule has 0 fully saturated rings. The highest BCUT2D eigenvalue weighted by Gasteiger charge is 2.00. The third kappa shape index (κ3) is 1.10. The summed E-state index contributed by atoms with van der Waals surface area (Å²) in [6.45, 7) is 0. The zero-order valence-electron chi connectivity index (χ0n) is 5.73. The smallest absolute Gasteiger partial charge is 0.172 e. The molecule has 0 spiro atoms. The summed E-state index contributed by atoms with van der Waals surface area (Å²) in [5, 5.41) is 3.85. The molecule has 0 unspecified atom stereocenters. The number of anilines is 1. The number of aromatic nitrogens is 2. The lowest BCUT2D eigenvalue weighted by Crippen LogP contribution is -1.94. The van der Waals surface area contributed by atoms with Crippen molar-refractivity contribution in [3.63, 3.8) is 0 Å². The first-order valence-corrected chi connectivity index (χ1v) is 3.23. The average Bonchev–Trinajstić information content (AvgIpc) is 2.28. The molecule has 0 saturated carbocycles. The molecule has 0 aromatic carbocycles.